The number of esters is 1. The second kappa shape index (κ2) is 6.36. The maximum absolute atomic E-state index is 12.4. The molecule has 0 radical (unpaired) electrons. The van der Waals surface area contributed by atoms with Gasteiger partial charge in [-0.15, -0.1) is 0 Å². The minimum Gasteiger partial charge on any atom is -0.469 e. The van der Waals surface area contributed by atoms with Gasteiger partial charge in [0.2, 0.25) is 0 Å². The van der Waals surface area contributed by atoms with Gasteiger partial charge in [0, 0.05) is 25.0 Å². The highest BCUT2D eigenvalue weighted by molar-refractivity contribution is 5.76. The van der Waals surface area contributed by atoms with Crippen LogP contribution in [0.1, 0.15) is 36.8 Å². The summed E-state index contributed by atoms with van der Waals surface area (Å²) in [6.45, 7) is 2.01. The molecule has 2 unspecified atom stereocenters. The van der Waals surface area contributed by atoms with Gasteiger partial charge in [0.25, 0.3) is 0 Å². The summed E-state index contributed by atoms with van der Waals surface area (Å²) in [4.78, 5) is 25.8. The first-order valence-electron chi connectivity index (χ1n) is 9.33. The largest absolute Gasteiger partial charge is 0.469 e. The summed E-state index contributed by atoms with van der Waals surface area (Å²) >= 11 is 0. The van der Waals surface area contributed by atoms with Crippen molar-refractivity contribution in [3.05, 3.63) is 35.4 Å². The Morgan fingerprint density at radius 2 is 2.04 bits per heavy atom. The van der Waals surface area contributed by atoms with Crippen LogP contribution in [0.2, 0.25) is 0 Å². The van der Waals surface area contributed by atoms with E-state index < -0.39 is 0 Å². The number of benzene rings is 1. The maximum atomic E-state index is 12.4. The average molecular weight is 342 g/mol. The van der Waals surface area contributed by atoms with Gasteiger partial charge in [-0.05, 0) is 49.1 Å². The molecule has 2 aliphatic carbocycles. The summed E-state index contributed by atoms with van der Waals surface area (Å²) in [6, 6.07) is 8.77. The average Bonchev–Trinajstić information content (AvgIpc) is 3.25. The Hall–Kier alpha value is -2.04. The number of nitrogens with zero attached hydrogens (tertiary/aromatic N) is 1. The molecule has 3 aliphatic rings. The minimum absolute atomic E-state index is 0.0108. The fraction of sp³-hybridized carbons (Fsp3) is 0.600. The zero-order chi connectivity index (χ0) is 17.4. The molecule has 1 saturated heterocycles. The lowest BCUT2D eigenvalue weighted by Gasteiger charge is -2.30. The predicted octanol–water partition coefficient (Wildman–Crippen LogP) is 2.49. The third-order valence-corrected chi connectivity index (χ3v) is 6.44. The number of ether oxygens (including phenoxy) is 1. The molecule has 2 amide bonds. The van der Waals surface area contributed by atoms with Crippen LogP contribution in [0.15, 0.2) is 24.3 Å². The van der Waals surface area contributed by atoms with Crippen molar-refractivity contribution in [1.29, 1.82) is 0 Å². The van der Waals surface area contributed by atoms with E-state index in [1.807, 2.05) is 4.90 Å². The fourth-order valence-corrected chi connectivity index (χ4v) is 4.81. The highest BCUT2D eigenvalue weighted by atomic mass is 16.5. The number of amides is 2. The summed E-state index contributed by atoms with van der Waals surface area (Å²) in [7, 11) is 1.42. The Balaban J connectivity index is 1.27. The Bertz CT molecular complexity index is 681. The van der Waals surface area contributed by atoms with E-state index in [1.165, 1.54) is 37.5 Å². The number of piperidine rings is 1. The second-order valence-electron chi connectivity index (χ2n) is 7.68. The standard InChI is InChI=1S/C20H26N2O3/c1-25-18(23)15-7-10-22(11-8-15)19(24)21-13-16-12-20(16)9-6-14-4-2-3-5-17(14)20/h2-5,15-16H,6-13H2,1H3,(H,21,24). The normalized spacial score (nSPS) is 27.9. The van der Waals surface area contributed by atoms with E-state index >= 15 is 0 Å². The molecule has 5 nitrogen and oxygen atoms in total. The van der Waals surface area contributed by atoms with Crippen LogP contribution in [0.4, 0.5) is 4.79 Å². The van der Waals surface area contributed by atoms with Gasteiger partial charge in [-0.2, -0.15) is 0 Å². The van der Waals surface area contributed by atoms with Crippen molar-refractivity contribution < 1.29 is 14.3 Å². The first-order chi connectivity index (χ1) is 12.1. The smallest absolute Gasteiger partial charge is 0.317 e. The number of hydrogen-bond donors (Lipinski definition) is 1. The molecular formula is C20H26N2O3. The quantitative estimate of drug-likeness (QED) is 0.859. The number of aryl methyl sites for hydroxylation is 1. The number of rotatable bonds is 3. The number of carbonyl (C=O) groups is 2. The SMILES string of the molecule is COC(=O)C1CCN(C(=O)NCC2CC23CCc2ccccc23)CC1. The lowest BCUT2D eigenvalue weighted by Crippen LogP contribution is -2.46. The zero-order valence-corrected chi connectivity index (χ0v) is 14.8. The van der Waals surface area contributed by atoms with Gasteiger partial charge in [0.1, 0.15) is 0 Å². The number of hydrogen-bond acceptors (Lipinski definition) is 3. The molecule has 2 atom stereocenters. The zero-order valence-electron chi connectivity index (χ0n) is 14.8. The summed E-state index contributed by atoms with van der Waals surface area (Å²) in [5, 5.41) is 3.13. The molecule has 1 aliphatic heterocycles. The van der Waals surface area contributed by atoms with Gasteiger partial charge < -0.3 is 15.0 Å². The van der Waals surface area contributed by atoms with E-state index in [9.17, 15) is 9.59 Å². The van der Waals surface area contributed by atoms with Crippen LogP contribution >= 0.6 is 0 Å². The summed E-state index contributed by atoms with van der Waals surface area (Å²) in [5.74, 6) is 0.350. The molecule has 1 aromatic rings. The highest BCUT2D eigenvalue weighted by Crippen LogP contribution is 2.61. The molecule has 25 heavy (non-hydrogen) atoms. The van der Waals surface area contributed by atoms with Crippen LogP contribution in [0.25, 0.3) is 0 Å². The topological polar surface area (TPSA) is 58.6 Å². The number of fused-ring (bicyclic) bond motifs is 2. The molecule has 4 rings (SSSR count). The van der Waals surface area contributed by atoms with E-state index in [0.717, 1.165) is 6.54 Å². The maximum Gasteiger partial charge on any atom is 0.317 e. The van der Waals surface area contributed by atoms with Crippen LogP contribution in [0, 0.1) is 11.8 Å². The Morgan fingerprint density at radius 1 is 1.28 bits per heavy atom. The van der Waals surface area contributed by atoms with Gasteiger partial charge in [-0.1, -0.05) is 24.3 Å². The number of urea groups is 1. The van der Waals surface area contributed by atoms with Gasteiger partial charge in [-0.3, -0.25) is 4.79 Å². The van der Waals surface area contributed by atoms with E-state index in [1.54, 1.807) is 0 Å². The minimum atomic E-state index is -0.153. The molecule has 5 heteroatoms. The Kier molecular flexibility index (Phi) is 4.18. The van der Waals surface area contributed by atoms with Crippen molar-refractivity contribution in [2.45, 2.75) is 37.5 Å². The first-order valence-corrected chi connectivity index (χ1v) is 9.33. The van der Waals surface area contributed by atoms with Crippen LogP contribution < -0.4 is 5.32 Å². The van der Waals surface area contributed by atoms with Crippen LogP contribution in [0.3, 0.4) is 0 Å². The molecule has 0 aromatic heterocycles. The van der Waals surface area contributed by atoms with Crippen molar-refractivity contribution in [3.63, 3.8) is 0 Å². The molecule has 0 bridgehead atoms. The number of nitrogens with one attached hydrogen (secondary N) is 1. The van der Waals surface area contributed by atoms with Crippen LogP contribution in [-0.4, -0.2) is 43.6 Å². The van der Waals surface area contributed by atoms with Crippen molar-refractivity contribution >= 4 is 12.0 Å². The number of methoxy groups -OCH3 is 1. The number of likely N-dealkylation sites (tertiary alicyclic amines) is 1. The first kappa shape index (κ1) is 16.4. The van der Waals surface area contributed by atoms with Gasteiger partial charge in [0.15, 0.2) is 0 Å². The van der Waals surface area contributed by atoms with Crippen LogP contribution in [-0.2, 0) is 21.4 Å². The lowest BCUT2D eigenvalue weighted by atomic mass is 9.95. The van der Waals surface area contributed by atoms with Gasteiger partial charge >= 0.3 is 12.0 Å². The van der Waals surface area contributed by atoms with E-state index in [-0.39, 0.29) is 17.9 Å². The van der Waals surface area contributed by atoms with Gasteiger partial charge in [-0.25, -0.2) is 4.79 Å². The Labute approximate surface area is 148 Å². The second-order valence-corrected chi connectivity index (χ2v) is 7.68. The predicted molar refractivity (Wildman–Crippen MR) is 94.3 cm³/mol. The fourth-order valence-electron chi connectivity index (χ4n) is 4.81. The van der Waals surface area contributed by atoms with Crippen molar-refractivity contribution in [1.82, 2.24) is 10.2 Å². The molecule has 1 saturated carbocycles. The summed E-state index contributed by atoms with van der Waals surface area (Å²) < 4.78 is 4.80. The summed E-state index contributed by atoms with van der Waals surface area (Å²) in [5.41, 5.74) is 3.32. The van der Waals surface area contributed by atoms with E-state index in [4.69, 9.17) is 4.74 Å². The van der Waals surface area contributed by atoms with Crippen molar-refractivity contribution in [2.75, 3.05) is 26.7 Å². The highest BCUT2D eigenvalue weighted by Gasteiger charge is 2.57. The lowest BCUT2D eigenvalue weighted by molar-refractivity contribution is -0.146. The molecule has 1 aromatic carbocycles. The van der Waals surface area contributed by atoms with E-state index in [0.29, 0.717) is 37.3 Å². The third kappa shape index (κ3) is 2.90. The molecule has 134 valence electrons. The van der Waals surface area contributed by atoms with Crippen molar-refractivity contribution in [3.8, 4) is 0 Å². The summed E-state index contributed by atoms with van der Waals surface area (Å²) in [6.07, 6.45) is 4.97. The van der Waals surface area contributed by atoms with Crippen molar-refractivity contribution in [2.24, 2.45) is 11.8 Å². The monoisotopic (exact) mass is 342 g/mol. The third-order valence-electron chi connectivity index (χ3n) is 6.44. The number of carbonyl (C=O) groups excluding carboxylic acids is 2. The van der Waals surface area contributed by atoms with E-state index in [2.05, 4.69) is 29.6 Å². The van der Waals surface area contributed by atoms with Gasteiger partial charge in [0.05, 0.1) is 13.0 Å². The molecule has 1 N–H and O–H groups in total. The molecule has 1 spiro atoms. The molecule has 2 fully saturated rings. The molecular weight excluding hydrogens is 316 g/mol. The molecule has 1 heterocycles. The van der Waals surface area contributed by atoms with Crippen LogP contribution in [0.5, 0.6) is 0 Å². The Morgan fingerprint density at radius 3 is 2.80 bits per heavy atom.